The Kier molecular flexibility index (Phi) is 3.61. The van der Waals surface area contributed by atoms with E-state index in [-0.39, 0.29) is 11.4 Å². The third-order valence-electron chi connectivity index (χ3n) is 2.59. The van der Waals surface area contributed by atoms with Gasteiger partial charge in [-0.15, -0.1) is 0 Å². The van der Waals surface area contributed by atoms with E-state index in [0.717, 1.165) is 0 Å². The minimum atomic E-state index is -0.474. The average molecular weight is 280 g/mol. The van der Waals surface area contributed by atoms with Gasteiger partial charge in [0.15, 0.2) is 16.3 Å². The molecule has 0 radical (unpaired) electrons. The van der Waals surface area contributed by atoms with Crippen molar-refractivity contribution >= 4 is 17.9 Å². The van der Waals surface area contributed by atoms with Crippen molar-refractivity contribution in [2.45, 2.75) is 6.92 Å². The van der Waals surface area contributed by atoms with Crippen LogP contribution in [0.4, 0.5) is 5.69 Å². The molecule has 0 bridgehead atoms. The minimum Gasteiger partial charge on any atom is -0.487 e. The fourth-order valence-electron chi connectivity index (χ4n) is 1.68. The summed E-state index contributed by atoms with van der Waals surface area (Å²) in [7, 11) is 1.77. The number of rotatable bonds is 4. The van der Waals surface area contributed by atoms with Crippen molar-refractivity contribution in [3.63, 3.8) is 0 Å². The number of nitrogens with zero attached hydrogens (tertiary/aromatic N) is 3. The van der Waals surface area contributed by atoms with E-state index < -0.39 is 4.92 Å². The Balaban J connectivity index is 2.54. The fourth-order valence-corrected chi connectivity index (χ4v) is 1.81. The molecule has 0 saturated carbocycles. The van der Waals surface area contributed by atoms with Crippen LogP contribution in [0, 0.1) is 14.9 Å². The van der Waals surface area contributed by atoms with E-state index in [1.165, 1.54) is 6.07 Å². The molecular weight excluding hydrogens is 268 g/mol. The van der Waals surface area contributed by atoms with Crippen LogP contribution in [0.15, 0.2) is 18.2 Å². The molecule has 0 spiro atoms. The number of hydrogen-bond donors (Lipinski definition) is 1. The molecule has 1 N–H and O–H groups in total. The first-order chi connectivity index (χ1) is 9.04. The molecule has 1 aromatic heterocycles. The molecule has 2 aromatic rings. The summed E-state index contributed by atoms with van der Waals surface area (Å²) in [5.41, 5.74) is 0.631. The van der Waals surface area contributed by atoms with Crippen molar-refractivity contribution in [1.29, 1.82) is 0 Å². The number of aromatic nitrogens is 3. The molecule has 0 aliphatic heterocycles. The normalized spacial score (nSPS) is 10.4. The Morgan fingerprint density at radius 2 is 2.32 bits per heavy atom. The SMILES string of the molecule is CCOc1cc(-c2n[nH]c(=S)n2C)ccc1[N+](=O)[O-]. The molecule has 7 nitrogen and oxygen atoms in total. The van der Waals surface area contributed by atoms with Crippen LogP contribution in [-0.2, 0) is 7.05 Å². The topological polar surface area (TPSA) is 86.0 Å². The summed E-state index contributed by atoms with van der Waals surface area (Å²) in [6.07, 6.45) is 0. The first-order valence-electron chi connectivity index (χ1n) is 5.57. The lowest BCUT2D eigenvalue weighted by Gasteiger charge is -2.06. The number of nitro groups is 1. The Bertz CT molecular complexity index is 677. The summed E-state index contributed by atoms with van der Waals surface area (Å²) < 4.78 is 7.46. The lowest BCUT2D eigenvalue weighted by atomic mass is 10.2. The highest BCUT2D eigenvalue weighted by Gasteiger charge is 2.17. The van der Waals surface area contributed by atoms with Gasteiger partial charge in [0.05, 0.1) is 11.5 Å². The molecule has 0 aliphatic rings. The second-order valence-electron chi connectivity index (χ2n) is 3.78. The Morgan fingerprint density at radius 3 is 2.84 bits per heavy atom. The van der Waals surface area contributed by atoms with Gasteiger partial charge in [-0.05, 0) is 31.3 Å². The monoisotopic (exact) mass is 280 g/mol. The number of H-pyrrole nitrogens is 1. The van der Waals surface area contributed by atoms with E-state index in [2.05, 4.69) is 10.2 Å². The van der Waals surface area contributed by atoms with Gasteiger partial charge < -0.3 is 9.30 Å². The summed E-state index contributed by atoms with van der Waals surface area (Å²) >= 11 is 5.03. The van der Waals surface area contributed by atoms with Crippen LogP contribution in [0.25, 0.3) is 11.4 Å². The highest BCUT2D eigenvalue weighted by molar-refractivity contribution is 7.71. The lowest BCUT2D eigenvalue weighted by molar-refractivity contribution is -0.385. The van der Waals surface area contributed by atoms with Gasteiger partial charge in [-0.1, -0.05) is 0 Å². The minimum absolute atomic E-state index is 0.0672. The summed E-state index contributed by atoms with van der Waals surface area (Å²) in [4.78, 5) is 10.4. The van der Waals surface area contributed by atoms with Crippen molar-refractivity contribution < 1.29 is 9.66 Å². The zero-order valence-corrected chi connectivity index (χ0v) is 11.2. The fraction of sp³-hybridized carbons (Fsp3) is 0.273. The van der Waals surface area contributed by atoms with E-state index >= 15 is 0 Å². The van der Waals surface area contributed by atoms with Crippen LogP contribution in [0.5, 0.6) is 5.75 Å². The Labute approximate surface area is 114 Å². The molecule has 8 heteroatoms. The Hall–Kier alpha value is -2.22. The molecule has 0 fully saturated rings. The summed E-state index contributed by atoms with van der Waals surface area (Å²) in [6.45, 7) is 2.12. The number of hydrogen-bond acceptors (Lipinski definition) is 5. The quantitative estimate of drug-likeness (QED) is 0.528. The molecule has 100 valence electrons. The first-order valence-corrected chi connectivity index (χ1v) is 5.98. The van der Waals surface area contributed by atoms with Crippen LogP contribution in [-0.4, -0.2) is 26.3 Å². The van der Waals surface area contributed by atoms with Gasteiger partial charge in [0.2, 0.25) is 0 Å². The second-order valence-corrected chi connectivity index (χ2v) is 4.17. The molecule has 1 heterocycles. The van der Waals surface area contributed by atoms with Gasteiger partial charge in [0.1, 0.15) is 0 Å². The largest absolute Gasteiger partial charge is 0.487 e. The van der Waals surface area contributed by atoms with Gasteiger partial charge in [-0.2, -0.15) is 5.10 Å². The van der Waals surface area contributed by atoms with Gasteiger partial charge in [0, 0.05) is 18.7 Å². The molecule has 19 heavy (non-hydrogen) atoms. The Morgan fingerprint density at radius 1 is 1.58 bits per heavy atom. The van der Waals surface area contributed by atoms with Crippen LogP contribution in [0.3, 0.4) is 0 Å². The number of ether oxygens (including phenoxy) is 1. The highest BCUT2D eigenvalue weighted by atomic mass is 32.1. The standard InChI is InChI=1S/C11H12N4O3S/c1-3-18-9-6-7(4-5-8(9)15(16)17)10-12-13-11(19)14(10)2/h4-6H,3H2,1-2H3,(H,13,19). The molecule has 0 unspecified atom stereocenters. The second kappa shape index (κ2) is 5.19. The predicted octanol–water partition coefficient (Wildman–Crippen LogP) is 2.45. The van der Waals surface area contributed by atoms with Gasteiger partial charge in [-0.3, -0.25) is 15.2 Å². The van der Waals surface area contributed by atoms with Crippen LogP contribution >= 0.6 is 12.2 Å². The molecule has 1 aromatic carbocycles. The van der Waals surface area contributed by atoms with Crippen LogP contribution in [0.2, 0.25) is 0 Å². The van der Waals surface area contributed by atoms with Crippen molar-refractivity contribution in [3.05, 3.63) is 33.1 Å². The summed E-state index contributed by atoms with van der Waals surface area (Å²) in [5, 5.41) is 17.6. The highest BCUT2D eigenvalue weighted by Crippen LogP contribution is 2.31. The van der Waals surface area contributed by atoms with Crippen molar-refractivity contribution in [3.8, 4) is 17.1 Å². The molecule has 2 rings (SSSR count). The molecule has 0 saturated heterocycles. The van der Waals surface area contributed by atoms with Crippen molar-refractivity contribution in [2.24, 2.45) is 7.05 Å². The van der Waals surface area contributed by atoms with E-state index in [1.807, 2.05) is 0 Å². The smallest absolute Gasteiger partial charge is 0.310 e. The molecule has 0 amide bonds. The molecular formula is C11H12N4O3S. The zero-order valence-electron chi connectivity index (χ0n) is 10.4. The number of aromatic amines is 1. The van der Waals surface area contributed by atoms with Crippen molar-refractivity contribution in [1.82, 2.24) is 14.8 Å². The predicted molar refractivity (Wildman–Crippen MR) is 71.7 cm³/mol. The van der Waals surface area contributed by atoms with Gasteiger partial charge >= 0.3 is 5.69 Å². The molecule has 0 atom stereocenters. The number of nitrogens with one attached hydrogen (secondary N) is 1. The summed E-state index contributed by atoms with van der Waals surface area (Å²) in [6, 6.07) is 4.61. The van der Waals surface area contributed by atoms with E-state index in [9.17, 15) is 10.1 Å². The van der Waals surface area contributed by atoms with E-state index in [0.29, 0.717) is 22.8 Å². The molecule has 0 aliphatic carbocycles. The maximum atomic E-state index is 10.9. The van der Waals surface area contributed by atoms with E-state index in [4.69, 9.17) is 17.0 Å². The number of nitro benzene ring substituents is 1. The van der Waals surface area contributed by atoms with Crippen molar-refractivity contribution in [2.75, 3.05) is 6.61 Å². The lowest BCUT2D eigenvalue weighted by Crippen LogP contribution is -1.99. The third-order valence-corrected chi connectivity index (χ3v) is 2.96. The maximum absolute atomic E-state index is 10.9. The maximum Gasteiger partial charge on any atom is 0.310 e. The van der Waals surface area contributed by atoms with Crippen LogP contribution in [0.1, 0.15) is 6.92 Å². The third kappa shape index (κ3) is 2.48. The number of benzene rings is 1. The first kappa shape index (κ1) is 13.2. The average Bonchev–Trinajstić information content (AvgIpc) is 2.70. The van der Waals surface area contributed by atoms with E-state index in [1.54, 1.807) is 30.7 Å². The zero-order chi connectivity index (χ0) is 14.0. The summed E-state index contributed by atoms with van der Waals surface area (Å²) in [5.74, 6) is 0.819. The van der Waals surface area contributed by atoms with Crippen LogP contribution < -0.4 is 4.74 Å². The van der Waals surface area contributed by atoms with Gasteiger partial charge in [0.25, 0.3) is 0 Å². The van der Waals surface area contributed by atoms with Gasteiger partial charge in [-0.25, -0.2) is 0 Å².